The summed E-state index contributed by atoms with van der Waals surface area (Å²) < 4.78 is 38.5. The number of methoxy groups -OCH3 is 1. The van der Waals surface area contributed by atoms with Gasteiger partial charge in [-0.2, -0.15) is 0 Å². The van der Waals surface area contributed by atoms with Crippen molar-refractivity contribution in [3.8, 4) is 16.5 Å². The highest BCUT2D eigenvalue weighted by Crippen LogP contribution is 2.50. The fourth-order valence-corrected chi connectivity index (χ4v) is 11.9. The summed E-state index contributed by atoms with van der Waals surface area (Å²) in [6.45, 7) is 13.2. The van der Waals surface area contributed by atoms with Gasteiger partial charge in [-0.1, -0.05) is 24.3 Å². The summed E-state index contributed by atoms with van der Waals surface area (Å²) in [4.78, 5) is 13.1. The molecule has 1 aliphatic carbocycles. The number of nitrogens with zero attached hydrogens (tertiary/aromatic N) is 7. The maximum Gasteiger partial charge on any atom is 0.162 e. The van der Waals surface area contributed by atoms with Gasteiger partial charge in [-0.25, -0.2) is 8.78 Å². The number of β-amino-alcohol motifs (C(OH)–C–C–N with tert-alkyl or cyclic N) is 1. The maximum absolute atomic E-state index is 16.3. The largest absolute Gasteiger partial charge is 0.508 e. The number of piperazine rings is 1. The molecule has 4 aromatic carbocycles. The Kier molecular flexibility index (Phi) is 11.1. The van der Waals surface area contributed by atoms with Crippen LogP contribution in [0.1, 0.15) is 99.5 Å². The Morgan fingerprint density at radius 2 is 1.53 bits per heavy atom. The van der Waals surface area contributed by atoms with Gasteiger partial charge >= 0.3 is 0 Å². The van der Waals surface area contributed by atoms with Crippen molar-refractivity contribution in [2.24, 2.45) is 4.99 Å². The minimum Gasteiger partial charge on any atom is -0.508 e. The predicted octanol–water partition coefficient (Wildman–Crippen LogP) is 9.17. The molecule has 10 rings (SSSR count). The molecule has 6 aromatic rings. The summed E-state index contributed by atoms with van der Waals surface area (Å²) in [5.74, 6) is 2.15. The molecule has 332 valence electrons. The van der Waals surface area contributed by atoms with E-state index < -0.39 is 5.60 Å². The fourth-order valence-electron chi connectivity index (χ4n) is 10.7. The molecule has 13 heteroatoms. The summed E-state index contributed by atoms with van der Waals surface area (Å²) in [6.07, 6.45) is 2.89. The van der Waals surface area contributed by atoms with Crippen molar-refractivity contribution in [2.45, 2.75) is 76.9 Å². The normalized spacial score (nSPS) is 20.9. The first-order valence-electron chi connectivity index (χ1n) is 22.5. The van der Waals surface area contributed by atoms with Crippen molar-refractivity contribution in [2.75, 3.05) is 62.7 Å². The van der Waals surface area contributed by atoms with Crippen LogP contribution in [0.2, 0.25) is 0 Å². The second kappa shape index (κ2) is 16.7. The summed E-state index contributed by atoms with van der Waals surface area (Å²) in [5, 5.41) is 32.0. The van der Waals surface area contributed by atoms with E-state index in [9.17, 15) is 14.6 Å². The van der Waals surface area contributed by atoms with Gasteiger partial charge in [-0.05, 0) is 130 Å². The third-order valence-electron chi connectivity index (χ3n) is 14.3. The van der Waals surface area contributed by atoms with Gasteiger partial charge in [-0.3, -0.25) is 14.5 Å². The van der Waals surface area contributed by atoms with E-state index in [1.54, 1.807) is 30.6 Å². The zero-order valence-electron chi connectivity index (χ0n) is 37.1. The Morgan fingerprint density at radius 3 is 2.27 bits per heavy atom. The molecule has 0 saturated carbocycles. The Hall–Kier alpha value is -5.63. The quantitative estimate of drug-likeness (QED) is 0.156. The van der Waals surface area contributed by atoms with Crippen LogP contribution < -0.4 is 14.5 Å². The number of hydrogen-bond donors (Lipinski definition) is 2. The van der Waals surface area contributed by atoms with Crippen molar-refractivity contribution < 1.29 is 23.7 Å². The number of fused-ring (bicyclic) bond motifs is 4. The minimum atomic E-state index is -0.830. The predicted molar refractivity (Wildman–Crippen MR) is 249 cm³/mol. The van der Waals surface area contributed by atoms with Crippen molar-refractivity contribution in [3.05, 3.63) is 146 Å². The van der Waals surface area contributed by atoms with E-state index >= 15 is 4.39 Å². The second-order valence-corrected chi connectivity index (χ2v) is 19.4. The van der Waals surface area contributed by atoms with Crippen LogP contribution in [0.3, 0.4) is 0 Å². The first-order chi connectivity index (χ1) is 30.9. The average Bonchev–Trinajstić information content (AvgIpc) is 3.78. The van der Waals surface area contributed by atoms with Crippen LogP contribution >= 0.6 is 11.3 Å². The summed E-state index contributed by atoms with van der Waals surface area (Å²) >= 11 is 1.66. The van der Waals surface area contributed by atoms with Gasteiger partial charge in [0.25, 0.3) is 0 Å². The van der Waals surface area contributed by atoms with E-state index in [-0.39, 0.29) is 35.3 Å². The van der Waals surface area contributed by atoms with E-state index in [2.05, 4.69) is 61.5 Å². The number of aliphatic imine (C=N–C) groups is 1. The Labute approximate surface area is 377 Å². The maximum atomic E-state index is 16.3. The molecule has 64 heavy (non-hydrogen) atoms. The molecule has 2 aromatic heterocycles. The number of anilines is 2. The number of phenolic OH excluding ortho intramolecular Hbond substituents is 1. The number of aromatic hydroxyl groups is 1. The zero-order valence-corrected chi connectivity index (χ0v) is 37.9. The lowest BCUT2D eigenvalue weighted by atomic mass is 9.69. The van der Waals surface area contributed by atoms with Crippen molar-refractivity contribution in [1.29, 1.82) is 0 Å². The van der Waals surface area contributed by atoms with Gasteiger partial charge < -0.3 is 24.7 Å². The van der Waals surface area contributed by atoms with Gasteiger partial charge in [-0.15, -0.1) is 21.5 Å². The Balaban J connectivity index is 0.790. The molecular formula is C51H55F2N7O3S. The van der Waals surface area contributed by atoms with Crippen molar-refractivity contribution in [3.63, 3.8) is 0 Å². The third-order valence-corrected chi connectivity index (χ3v) is 15.5. The van der Waals surface area contributed by atoms with Gasteiger partial charge in [0, 0.05) is 90.7 Å². The molecule has 3 atom stereocenters. The van der Waals surface area contributed by atoms with Crippen molar-refractivity contribution >= 4 is 28.4 Å². The van der Waals surface area contributed by atoms with Gasteiger partial charge in [0.1, 0.15) is 40.0 Å². The SMILES string of the molecule is COc1cc(N2CCN(CC3(O)CCN(c4ccc(C5=N[C@@H](C)c6nnc(C)n6-c6sc(C)c(C)c65)c(F)c4)CC3)CC2)ccc1[C@H]1c2ccc(O)cc2CC[C@H]1c1ccc(F)cc1. The zero-order chi connectivity index (χ0) is 44.4. The Morgan fingerprint density at radius 1 is 0.828 bits per heavy atom. The number of aryl methyl sites for hydroxylation is 3. The van der Waals surface area contributed by atoms with Crippen LogP contribution in [0.15, 0.2) is 83.9 Å². The number of halogens is 2. The molecule has 10 nitrogen and oxygen atoms in total. The molecule has 0 spiro atoms. The van der Waals surface area contributed by atoms with Gasteiger partial charge in [0.15, 0.2) is 5.82 Å². The molecule has 2 N–H and O–H groups in total. The number of piperidine rings is 1. The van der Waals surface area contributed by atoms with E-state index in [0.29, 0.717) is 43.8 Å². The number of hydrogen-bond acceptors (Lipinski definition) is 10. The van der Waals surface area contributed by atoms with Gasteiger partial charge in [0.05, 0.1) is 18.4 Å². The van der Waals surface area contributed by atoms with E-state index in [1.165, 1.54) is 12.1 Å². The molecular weight excluding hydrogens is 829 g/mol. The topological polar surface area (TPSA) is 102 Å². The van der Waals surface area contributed by atoms with E-state index in [0.717, 1.165) is 111 Å². The molecule has 4 aliphatic rings. The number of phenols is 1. The van der Waals surface area contributed by atoms with Crippen molar-refractivity contribution in [1.82, 2.24) is 19.7 Å². The first kappa shape index (κ1) is 42.3. The molecule has 0 radical (unpaired) electrons. The molecule has 5 heterocycles. The van der Waals surface area contributed by atoms with Gasteiger partial charge in [0.2, 0.25) is 0 Å². The first-order valence-corrected chi connectivity index (χ1v) is 23.3. The third kappa shape index (κ3) is 7.64. The molecule has 2 saturated heterocycles. The summed E-state index contributed by atoms with van der Waals surface area (Å²) in [7, 11) is 1.72. The lowest BCUT2D eigenvalue weighted by molar-refractivity contribution is -0.0173. The monoisotopic (exact) mass is 883 g/mol. The van der Waals surface area contributed by atoms with Crippen LogP contribution in [0.5, 0.6) is 11.5 Å². The molecule has 0 unspecified atom stereocenters. The fraction of sp³-hybridized carbons (Fsp3) is 0.392. The summed E-state index contributed by atoms with van der Waals surface area (Å²) in [6, 6.07) is 24.2. The Bertz CT molecular complexity index is 2750. The number of rotatable bonds is 8. The molecule has 0 amide bonds. The van der Waals surface area contributed by atoms with Crippen LogP contribution in [0.4, 0.5) is 20.2 Å². The number of aliphatic hydroxyl groups is 1. The molecule has 3 aliphatic heterocycles. The average molecular weight is 884 g/mol. The lowest BCUT2D eigenvalue weighted by Crippen LogP contribution is -2.55. The highest BCUT2D eigenvalue weighted by atomic mass is 32.1. The standard InChI is InChI=1S/C51H55F2N7O3S/c1-30-32(3)64-50-46(30)48(54-31(2)49-56-55-33(4)60(49)50)42-15-11-37(27-44(42)53)58-20-18-51(62,19-21-58)29-57-22-24-59(25-23-57)38-12-16-43(45(28-38)63-5)47-40(34-6-9-36(52)10-7-34)14-8-35-26-39(61)13-17-41(35)47/h6-7,9-13,15-17,26-28,31,40,47,61-62H,8,14,18-25,29H2,1-5H3/t31-,40-,47+/m0/s1. The van der Waals surface area contributed by atoms with Crippen LogP contribution in [0.25, 0.3) is 5.00 Å². The van der Waals surface area contributed by atoms with Crippen LogP contribution in [0, 0.1) is 32.4 Å². The number of ether oxygens (including phenoxy) is 1. The van der Waals surface area contributed by atoms with E-state index in [4.69, 9.17) is 9.73 Å². The number of thiophene rings is 1. The highest BCUT2D eigenvalue weighted by Gasteiger charge is 2.38. The molecule has 0 bridgehead atoms. The van der Waals surface area contributed by atoms with Crippen LogP contribution in [-0.4, -0.2) is 94.1 Å². The smallest absolute Gasteiger partial charge is 0.162 e. The summed E-state index contributed by atoms with van der Waals surface area (Å²) in [5.41, 5.74) is 8.67. The lowest BCUT2D eigenvalue weighted by Gasteiger charge is -2.44. The van der Waals surface area contributed by atoms with E-state index in [1.807, 2.05) is 50.2 Å². The minimum absolute atomic E-state index is 0.0232. The number of aromatic nitrogens is 3. The number of benzene rings is 4. The second-order valence-electron chi connectivity index (χ2n) is 18.2. The molecule has 2 fully saturated rings. The highest BCUT2D eigenvalue weighted by molar-refractivity contribution is 7.15. The van der Waals surface area contributed by atoms with Crippen LogP contribution in [-0.2, 0) is 6.42 Å².